The minimum Gasteiger partial charge on any atom is -0.379 e. The van der Waals surface area contributed by atoms with Crippen LogP contribution in [0.3, 0.4) is 0 Å². The Morgan fingerprint density at radius 3 is 2.61 bits per heavy atom. The van der Waals surface area contributed by atoms with Gasteiger partial charge in [0, 0.05) is 38.5 Å². The van der Waals surface area contributed by atoms with E-state index in [1.165, 1.54) is 11.8 Å². The number of aryl methyl sites for hydroxylation is 1. The lowest BCUT2D eigenvalue weighted by Crippen LogP contribution is -2.27. The number of hydrogen-bond acceptors (Lipinski definition) is 7. The van der Waals surface area contributed by atoms with Crippen LogP contribution in [0, 0.1) is 16.0 Å². The van der Waals surface area contributed by atoms with Gasteiger partial charge in [-0.25, -0.2) is 0 Å². The number of aromatic nitrogens is 3. The fraction of sp³-hybridized carbons (Fsp3) is 0.550. The van der Waals surface area contributed by atoms with E-state index >= 15 is 0 Å². The number of anilines is 1. The largest absolute Gasteiger partial charge is 0.416 e. The van der Waals surface area contributed by atoms with Gasteiger partial charge in [-0.05, 0) is 30.7 Å². The molecule has 2 N–H and O–H groups in total. The number of benzene rings is 1. The zero-order chi connectivity index (χ0) is 24.6. The molecule has 0 atom stereocenters. The first kappa shape index (κ1) is 26.4. The number of carbonyl (C=O) groups is 1. The molecule has 0 fully saturated rings. The lowest BCUT2D eigenvalue weighted by Gasteiger charge is -2.12. The summed E-state index contributed by atoms with van der Waals surface area (Å²) in [6, 6.07) is 2.23. The van der Waals surface area contributed by atoms with Gasteiger partial charge >= 0.3 is 6.18 Å². The Labute approximate surface area is 193 Å². The molecule has 33 heavy (non-hydrogen) atoms. The molecule has 0 aliphatic carbocycles. The molecule has 1 aromatic carbocycles. The van der Waals surface area contributed by atoms with E-state index in [1.54, 1.807) is 0 Å². The third-order valence-electron chi connectivity index (χ3n) is 4.61. The van der Waals surface area contributed by atoms with Crippen molar-refractivity contribution in [1.82, 2.24) is 20.1 Å². The maximum atomic E-state index is 12.8. The summed E-state index contributed by atoms with van der Waals surface area (Å²) < 4.78 is 40.4. The second-order valence-electron chi connectivity index (χ2n) is 7.72. The van der Waals surface area contributed by atoms with Gasteiger partial charge < -0.3 is 15.2 Å². The minimum atomic E-state index is -4.68. The van der Waals surface area contributed by atoms with Gasteiger partial charge in [-0.3, -0.25) is 14.9 Å². The third kappa shape index (κ3) is 7.91. The predicted molar refractivity (Wildman–Crippen MR) is 119 cm³/mol. The van der Waals surface area contributed by atoms with Crippen molar-refractivity contribution in [2.24, 2.45) is 5.92 Å². The number of nitrogens with zero attached hydrogens (tertiary/aromatic N) is 4. The number of thioether (sulfide) groups is 1. The predicted octanol–water partition coefficient (Wildman–Crippen LogP) is 4.13. The minimum absolute atomic E-state index is 0.0122. The van der Waals surface area contributed by atoms with Gasteiger partial charge in [-0.2, -0.15) is 13.2 Å². The summed E-state index contributed by atoms with van der Waals surface area (Å²) in [7, 11) is 0. The second kappa shape index (κ2) is 11.9. The lowest BCUT2D eigenvalue weighted by atomic mass is 10.1. The highest BCUT2D eigenvalue weighted by atomic mass is 32.2. The van der Waals surface area contributed by atoms with Crippen LogP contribution in [0.1, 0.15) is 38.1 Å². The fourth-order valence-electron chi connectivity index (χ4n) is 3.09. The average Bonchev–Trinajstić information content (AvgIpc) is 3.11. The van der Waals surface area contributed by atoms with Crippen molar-refractivity contribution >= 4 is 29.0 Å². The fourth-order valence-corrected chi connectivity index (χ4v) is 3.61. The van der Waals surface area contributed by atoms with Gasteiger partial charge in [0.15, 0.2) is 5.16 Å². The highest BCUT2D eigenvalue weighted by Crippen LogP contribution is 2.34. The molecule has 0 spiro atoms. The second-order valence-corrected chi connectivity index (χ2v) is 8.50. The summed E-state index contributed by atoms with van der Waals surface area (Å²) in [6.07, 6.45) is -1.41. The quantitative estimate of drug-likeness (QED) is 0.200. The topological polar surface area (TPSA) is 115 Å². The normalized spacial score (nSPS) is 11.6. The molecule has 13 heteroatoms. The number of hydrogen-bond donors (Lipinski definition) is 2. The van der Waals surface area contributed by atoms with Crippen molar-refractivity contribution in [3.8, 4) is 0 Å². The van der Waals surface area contributed by atoms with Crippen LogP contribution in [-0.4, -0.2) is 44.9 Å². The van der Waals surface area contributed by atoms with Gasteiger partial charge in [0.2, 0.25) is 5.91 Å². The van der Waals surface area contributed by atoms with Crippen molar-refractivity contribution in [2.45, 2.75) is 51.0 Å². The van der Waals surface area contributed by atoms with Crippen LogP contribution in [0.5, 0.6) is 0 Å². The number of nitro groups is 1. The first-order valence-electron chi connectivity index (χ1n) is 10.3. The van der Waals surface area contributed by atoms with Crippen LogP contribution < -0.4 is 10.6 Å². The molecular weight excluding hydrogens is 461 g/mol. The molecule has 1 heterocycles. The van der Waals surface area contributed by atoms with E-state index in [4.69, 9.17) is 0 Å². The number of amides is 1. The van der Waals surface area contributed by atoms with E-state index in [2.05, 4.69) is 39.2 Å². The van der Waals surface area contributed by atoms with Gasteiger partial charge in [-0.15, -0.1) is 10.2 Å². The Bertz CT molecular complexity index is 965. The third-order valence-corrected chi connectivity index (χ3v) is 5.28. The van der Waals surface area contributed by atoms with Gasteiger partial charge in [0.1, 0.15) is 11.5 Å². The first-order chi connectivity index (χ1) is 15.5. The van der Waals surface area contributed by atoms with Crippen LogP contribution in [0.25, 0.3) is 0 Å². The standard InChI is InChI=1S/C20H27F3N6O3S/c1-13(2)12-28-17(26-27-19(28)33-3)5-4-9-25-18(30)8-10-24-15-7-6-14(20(21,22)23)11-16(15)29(31)32/h6-7,11,13,24H,4-5,8-10,12H2,1-3H3,(H,25,30). The summed E-state index contributed by atoms with van der Waals surface area (Å²) in [4.78, 5) is 22.3. The lowest BCUT2D eigenvalue weighted by molar-refractivity contribution is -0.384. The molecule has 2 rings (SSSR count). The maximum Gasteiger partial charge on any atom is 0.416 e. The molecule has 182 valence electrons. The maximum absolute atomic E-state index is 12.8. The monoisotopic (exact) mass is 488 g/mol. The Morgan fingerprint density at radius 2 is 2.00 bits per heavy atom. The van der Waals surface area contributed by atoms with E-state index in [0.29, 0.717) is 31.4 Å². The smallest absolute Gasteiger partial charge is 0.379 e. The van der Waals surface area contributed by atoms with Crippen molar-refractivity contribution in [3.63, 3.8) is 0 Å². The molecule has 0 saturated carbocycles. The molecule has 0 bridgehead atoms. The zero-order valence-corrected chi connectivity index (χ0v) is 19.4. The number of carbonyl (C=O) groups excluding carboxylic acids is 1. The summed E-state index contributed by atoms with van der Waals surface area (Å²) >= 11 is 1.53. The van der Waals surface area contributed by atoms with E-state index in [9.17, 15) is 28.1 Å². The van der Waals surface area contributed by atoms with Crippen LogP contribution in [0.2, 0.25) is 0 Å². The first-order valence-corrected chi connectivity index (χ1v) is 11.6. The number of nitrogens with one attached hydrogen (secondary N) is 2. The number of rotatable bonds is 12. The number of halogens is 3. The van der Waals surface area contributed by atoms with E-state index < -0.39 is 22.4 Å². The summed E-state index contributed by atoms with van der Waals surface area (Å²) in [5, 5.41) is 25.8. The number of nitro benzene ring substituents is 1. The molecule has 0 unspecified atom stereocenters. The van der Waals surface area contributed by atoms with Crippen LogP contribution in [-0.2, 0) is 23.9 Å². The van der Waals surface area contributed by atoms with E-state index in [-0.39, 0.29) is 24.6 Å². The zero-order valence-electron chi connectivity index (χ0n) is 18.6. The van der Waals surface area contributed by atoms with E-state index in [0.717, 1.165) is 29.7 Å². The van der Waals surface area contributed by atoms with Crippen LogP contribution in [0.15, 0.2) is 23.4 Å². The highest BCUT2D eigenvalue weighted by molar-refractivity contribution is 7.98. The molecule has 1 amide bonds. The molecule has 0 radical (unpaired) electrons. The van der Waals surface area contributed by atoms with Crippen molar-refractivity contribution in [2.75, 3.05) is 24.7 Å². The molecule has 0 aliphatic heterocycles. The van der Waals surface area contributed by atoms with Crippen LogP contribution >= 0.6 is 11.8 Å². The number of alkyl halides is 3. The van der Waals surface area contributed by atoms with E-state index in [1.807, 2.05) is 6.26 Å². The summed E-state index contributed by atoms with van der Waals surface area (Å²) in [6.45, 7) is 5.50. The van der Waals surface area contributed by atoms with Crippen molar-refractivity contribution in [1.29, 1.82) is 0 Å². The summed E-state index contributed by atoms with van der Waals surface area (Å²) in [5.41, 5.74) is -1.87. The molecule has 9 nitrogen and oxygen atoms in total. The van der Waals surface area contributed by atoms with Gasteiger partial charge in [0.25, 0.3) is 5.69 Å². The van der Waals surface area contributed by atoms with Crippen LogP contribution in [0.4, 0.5) is 24.5 Å². The highest BCUT2D eigenvalue weighted by Gasteiger charge is 2.33. The SMILES string of the molecule is CSc1nnc(CCCNC(=O)CCNc2ccc(C(F)(F)F)cc2[N+](=O)[O-])n1CC(C)C. The summed E-state index contributed by atoms with van der Waals surface area (Å²) in [5.74, 6) is 1.03. The molecule has 2 aromatic rings. The molecule has 1 aromatic heterocycles. The molecular formula is C20H27F3N6O3S. The van der Waals surface area contributed by atoms with Gasteiger partial charge in [-0.1, -0.05) is 25.6 Å². The Morgan fingerprint density at radius 1 is 1.27 bits per heavy atom. The molecule has 0 saturated heterocycles. The average molecular weight is 489 g/mol. The Kier molecular flexibility index (Phi) is 9.50. The van der Waals surface area contributed by atoms with Gasteiger partial charge in [0.05, 0.1) is 10.5 Å². The Hall–Kier alpha value is -2.83. The Balaban J connectivity index is 1.80. The molecule has 0 aliphatic rings. The van der Waals surface area contributed by atoms with Crippen molar-refractivity contribution in [3.05, 3.63) is 39.7 Å². The van der Waals surface area contributed by atoms with Crippen molar-refractivity contribution < 1.29 is 22.9 Å².